The summed E-state index contributed by atoms with van der Waals surface area (Å²) in [6, 6.07) is 96.5. The molecule has 5 heterocycles. The smallest absolute Gasteiger partial charge is 0.108 e. The highest BCUT2D eigenvalue weighted by Crippen LogP contribution is 2.49. The van der Waals surface area contributed by atoms with Gasteiger partial charge in [-0.25, -0.2) is 0 Å². The maximum atomic E-state index is 7.81. The molecule has 590 valence electrons. The van der Waals surface area contributed by atoms with E-state index in [0.29, 0.717) is 24.2 Å². The van der Waals surface area contributed by atoms with Gasteiger partial charge in [-0.1, -0.05) is 226 Å². The standard InChI is InChI=1S/C24H30N2.C24H24N2.C23H28N2.C19H22N2.C14H20N2/c2*1-18-12-10-11-17-23(18)25-19(2)24(21-13-6-4-7-14-21)26(20(25)3)22-15-8-5-9-16-22;1-17-11-7-10-16-22(17)24-18(2)23(20-12-8-9-13-20)25(19(24)3)21-14-5-4-6-15-21;1-14-10-8-9-13-19(14)21-16(3)15(2)20(17(21)4)18-11-6-5-7-12-18;1-10-8-6-7-9-14(10)16-12(3)11(2)15(5)13(16)4/h5,8-12,15-17,20-21H,4,6-7,13-14H2,1-3H3;4-17,20H,1-3H3;4-7,10-11,14-16,19-20H,8-9,12-13H2,1-3H3;5-13,17H,1-4H3;6-9,13H,1-5H3/i;;;;4D3. The van der Waals surface area contributed by atoms with Crippen molar-refractivity contribution < 1.29 is 4.11 Å². The number of aryl methyl sites for hydroxylation is 5. The van der Waals surface area contributed by atoms with Gasteiger partial charge in [0, 0.05) is 125 Å². The van der Waals surface area contributed by atoms with Crippen molar-refractivity contribution in [3.8, 4) is 0 Å². The lowest BCUT2D eigenvalue weighted by molar-refractivity contribution is 0.357. The molecule has 5 aliphatic heterocycles. The molecule has 5 unspecified atom stereocenters. The Balaban J connectivity index is 0.000000128. The summed E-state index contributed by atoms with van der Waals surface area (Å²) in [4.78, 5) is 23.8. The van der Waals surface area contributed by atoms with E-state index < -0.39 is 13.0 Å². The molecule has 0 amide bonds. The van der Waals surface area contributed by atoms with Gasteiger partial charge in [0.1, 0.15) is 30.8 Å². The van der Waals surface area contributed by atoms with Crippen molar-refractivity contribution in [2.75, 3.05) is 51.1 Å². The van der Waals surface area contributed by atoms with Crippen LogP contribution in [0.15, 0.2) is 324 Å². The molecule has 5 atom stereocenters. The van der Waals surface area contributed by atoms with Gasteiger partial charge in [-0.3, -0.25) is 0 Å². The molecular formula is C104H124N10. The monoisotopic (exact) mass is 1520 g/mol. The SMILES string of the molecule is CC1=C(C)N(c2ccccc2C)C(C)N1c1ccccc1.CC1=C(C2CCCC2)N(c2ccccc2)C(C)N1c1ccccc1C.CC1=C(C2CCCCC2)N(c2ccccc2)C(C)N1c1ccccc1C.CC1=C(c2ccccc2)N(c2ccccc2)C(C)N1c1ccccc1C.[2H]C([2H])([2H])C1N(C)C(C)=C(C)N1c1ccccc1C. The first kappa shape index (κ1) is 76.9. The highest BCUT2D eigenvalue weighted by Gasteiger charge is 2.43. The Morgan fingerprint density at radius 2 is 0.482 bits per heavy atom. The van der Waals surface area contributed by atoms with E-state index >= 15 is 0 Å². The van der Waals surface area contributed by atoms with Gasteiger partial charge in [0.2, 0.25) is 0 Å². The van der Waals surface area contributed by atoms with Gasteiger partial charge in [-0.05, 0) is 256 Å². The number of rotatable bonds is 12. The molecule has 0 aromatic heterocycles. The van der Waals surface area contributed by atoms with Crippen molar-refractivity contribution in [2.45, 2.75) is 206 Å². The fourth-order valence-electron chi connectivity index (χ4n) is 19.0. The molecule has 0 N–H and O–H groups in total. The number of para-hydroxylation sites is 9. The molecule has 0 radical (unpaired) electrons. The Bertz CT molecular complexity index is 5180. The lowest BCUT2D eigenvalue weighted by Crippen LogP contribution is -2.39. The van der Waals surface area contributed by atoms with E-state index in [2.05, 4.69) is 378 Å². The second kappa shape index (κ2) is 36.4. The molecule has 2 aliphatic carbocycles. The molecule has 17 rings (SSSR count). The summed E-state index contributed by atoms with van der Waals surface area (Å²) in [5.74, 6) is 1.37. The van der Waals surface area contributed by atoms with Crippen LogP contribution in [0.5, 0.6) is 0 Å². The third-order valence-corrected chi connectivity index (χ3v) is 25.0. The second-order valence-electron chi connectivity index (χ2n) is 32.0. The van der Waals surface area contributed by atoms with Crippen LogP contribution in [-0.4, -0.2) is 42.8 Å². The van der Waals surface area contributed by atoms with Crippen LogP contribution in [-0.2, 0) is 0 Å². The van der Waals surface area contributed by atoms with E-state index in [0.717, 1.165) is 22.6 Å². The average Bonchev–Trinajstić information content (AvgIpc) is 1.62. The molecule has 0 bridgehead atoms. The van der Waals surface area contributed by atoms with Crippen molar-refractivity contribution in [3.05, 3.63) is 358 Å². The number of hydrogen-bond donors (Lipinski definition) is 0. The summed E-state index contributed by atoms with van der Waals surface area (Å²) >= 11 is 0. The summed E-state index contributed by atoms with van der Waals surface area (Å²) in [6.45, 7) is 33.2. The van der Waals surface area contributed by atoms with Crippen LogP contribution in [0.4, 0.5) is 51.2 Å². The minimum absolute atomic E-state index is 0.203. The second-order valence-corrected chi connectivity index (χ2v) is 32.0. The lowest BCUT2D eigenvalue weighted by atomic mass is 9.85. The van der Waals surface area contributed by atoms with Crippen molar-refractivity contribution in [1.82, 2.24) is 4.90 Å². The van der Waals surface area contributed by atoms with Crippen LogP contribution in [0.1, 0.15) is 178 Å². The van der Waals surface area contributed by atoms with Gasteiger partial charge < -0.3 is 49.0 Å². The molecule has 7 aliphatic rings. The summed E-state index contributed by atoms with van der Waals surface area (Å²) in [5, 5.41) is 0. The number of nitrogens with zero attached hydrogens (tertiary/aromatic N) is 10. The van der Waals surface area contributed by atoms with Crippen molar-refractivity contribution in [1.29, 1.82) is 0 Å². The van der Waals surface area contributed by atoms with Gasteiger partial charge in [-0.2, -0.15) is 0 Å². The molecule has 0 spiro atoms. The molecule has 114 heavy (non-hydrogen) atoms. The van der Waals surface area contributed by atoms with E-state index in [4.69, 9.17) is 4.11 Å². The molecule has 10 heteroatoms. The number of anilines is 9. The van der Waals surface area contributed by atoms with Gasteiger partial charge >= 0.3 is 0 Å². The first-order valence-corrected chi connectivity index (χ1v) is 41.8. The molecule has 10 nitrogen and oxygen atoms in total. The first-order valence-electron chi connectivity index (χ1n) is 43.3. The minimum atomic E-state index is -2.06. The van der Waals surface area contributed by atoms with Crippen molar-refractivity contribution in [2.24, 2.45) is 11.8 Å². The Morgan fingerprint density at radius 3 is 0.825 bits per heavy atom. The van der Waals surface area contributed by atoms with Crippen LogP contribution >= 0.6 is 0 Å². The molecule has 2 fully saturated rings. The highest BCUT2D eigenvalue weighted by molar-refractivity contribution is 5.89. The average molecular weight is 1520 g/mol. The van der Waals surface area contributed by atoms with E-state index in [-0.39, 0.29) is 12.3 Å². The quantitative estimate of drug-likeness (QED) is 0.118. The van der Waals surface area contributed by atoms with Crippen LogP contribution in [0.3, 0.4) is 0 Å². The lowest BCUT2D eigenvalue weighted by Gasteiger charge is -2.35. The van der Waals surface area contributed by atoms with E-state index in [9.17, 15) is 0 Å². The Labute approximate surface area is 688 Å². The molecule has 2 saturated carbocycles. The molecule has 10 aromatic carbocycles. The normalized spacial score (nSPS) is 20.4. The maximum Gasteiger partial charge on any atom is 0.108 e. The molecular weight excluding hydrogens is 1390 g/mol. The third-order valence-electron chi connectivity index (χ3n) is 25.0. The summed E-state index contributed by atoms with van der Waals surface area (Å²) in [5.41, 5.74) is 32.0. The zero-order chi connectivity index (χ0) is 82.9. The van der Waals surface area contributed by atoms with Crippen LogP contribution < -0.4 is 44.1 Å². The van der Waals surface area contributed by atoms with Crippen molar-refractivity contribution >= 4 is 56.9 Å². The number of benzene rings is 10. The molecule has 0 saturated heterocycles. The fourth-order valence-corrected chi connectivity index (χ4v) is 19.0. The predicted octanol–water partition coefficient (Wildman–Crippen LogP) is 26.9. The van der Waals surface area contributed by atoms with E-state index in [1.807, 2.05) is 61.9 Å². The Kier molecular flexibility index (Phi) is 24.5. The molecule has 10 aromatic rings. The highest BCUT2D eigenvalue weighted by atomic mass is 15.4. The fraction of sp³-hybridized carbons (Fsp3) is 0.327. The zero-order valence-electron chi connectivity index (χ0n) is 73.9. The van der Waals surface area contributed by atoms with E-state index in [1.54, 1.807) is 11.4 Å². The van der Waals surface area contributed by atoms with Gasteiger partial charge in [-0.15, -0.1) is 0 Å². The maximum absolute atomic E-state index is 7.81. The van der Waals surface area contributed by atoms with Gasteiger partial charge in [0.15, 0.2) is 0 Å². The summed E-state index contributed by atoms with van der Waals surface area (Å²) in [6.07, 6.45) is 12.6. The van der Waals surface area contributed by atoms with E-state index in [1.165, 1.54) is 165 Å². The Morgan fingerprint density at radius 1 is 0.237 bits per heavy atom. The predicted molar refractivity (Wildman–Crippen MR) is 489 cm³/mol. The van der Waals surface area contributed by atoms with Crippen LogP contribution in [0.2, 0.25) is 0 Å². The van der Waals surface area contributed by atoms with Crippen molar-refractivity contribution in [3.63, 3.8) is 0 Å². The minimum Gasteiger partial charge on any atom is -0.356 e. The summed E-state index contributed by atoms with van der Waals surface area (Å²) in [7, 11) is 1.84. The topological polar surface area (TPSA) is 32.4 Å². The van der Waals surface area contributed by atoms with Gasteiger partial charge in [0.25, 0.3) is 0 Å². The van der Waals surface area contributed by atoms with Gasteiger partial charge in [0.05, 0.1) is 5.70 Å². The largest absolute Gasteiger partial charge is 0.356 e. The zero-order valence-corrected chi connectivity index (χ0v) is 70.9. The van der Waals surface area contributed by atoms with Crippen LogP contribution in [0.25, 0.3) is 5.70 Å². The Hall–Kier alpha value is -11.1. The number of allylic oxidation sites excluding steroid dienone is 9. The van der Waals surface area contributed by atoms with Crippen LogP contribution in [0, 0.1) is 46.5 Å². The first-order chi connectivity index (χ1) is 56.4. The number of hydrogen-bond acceptors (Lipinski definition) is 10. The third kappa shape index (κ3) is 16.5. The summed E-state index contributed by atoms with van der Waals surface area (Å²) < 4.78 is 23.4.